The van der Waals surface area contributed by atoms with Crippen molar-refractivity contribution >= 4 is 28.3 Å². The first kappa shape index (κ1) is 18.1. The molecule has 8 nitrogen and oxygen atoms in total. The maximum atomic E-state index is 13.4. The molecule has 0 aromatic carbocycles. The predicted octanol–water partition coefficient (Wildman–Crippen LogP) is 1.64. The van der Waals surface area contributed by atoms with Gasteiger partial charge in [-0.05, 0) is 37.7 Å². The van der Waals surface area contributed by atoms with Crippen molar-refractivity contribution in [2.75, 3.05) is 6.54 Å². The number of fused-ring (bicyclic) bond motifs is 3. The molecule has 0 amide bonds. The second-order valence-corrected chi connectivity index (χ2v) is 12.0. The van der Waals surface area contributed by atoms with Crippen LogP contribution in [0.25, 0.3) is 5.78 Å². The number of hydrogen-bond acceptors (Lipinski definition) is 8. The zero-order chi connectivity index (χ0) is 19.8. The van der Waals surface area contributed by atoms with Gasteiger partial charge < -0.3 is 5.43 Å². The average molecular weight is 444 g/mol. The van der Waals surface area contributed by atoms with Gasteiger partial charge in [0.25, 0.3) is 0 Å². The van der Waals surface area contributed by atoms with E-state index < -0.39 is 10.8 Å². The molecule has 6 atom stereocenters. The summed E-state index contributed by atoms with van der Waals surface area (Å²) >= 11 is 1.81. The van der Waals surface area contributed by atoms with Crippen molar-refractivity contribution in [1.29, 1.82) is 0 Å². The number of hydrazine groups is 2. The van der Waals surface area contributed by atoms with Gasteiger partial charge in [0, 0.05) is 36.1 Å². The van der Waals surface area contributed by atoms with Gasteiger partial charge in [0.1, 0.15) is 0 Å². The van der Waals surface area contributed by atoms with Crippen LogP contribution in [0.3, 0.4) is 0 Å². The van der Waals surface area contributed by atoms with Crippen molar-refractivity contribution in [3.63, 3.8) is 0 Å². The number of rotatable bonds is 3. The molecule has 6 unspecified atom stereocenters. The van der Waals surface area contributed by atoms with Crippen LogP contribution in [0.2, 0.25) is 0 Å². The van der Waals surface area contributed by atoms with Crippen LogP contribution in [0.4, 0.5) is 0 Å². The molecule has 0 radical (unpaired) electrons. The highest BCUT2D eigenvalue weighted by Gasteiger charge is 2.55. The monoisotopic (exact) mass is 443 g/mol. The summed E-state index contributed by atoms with van der Waals surface area (Å²) in [5.74, 6) is 1.65. The lowest BCUT2D eigenvalue weighted by Crippen LogP contribution is -2.61. The third-order valence-electron chi connectivity index (χ3n) is 7.45. The van der Waals surface area contributed by atoms with E-state index in [9.17, 15) is 4.21 Å². The topological polar surface area (TPSA) is 86.6 Å². The highest BCUT2D eigenvalue weighted by atomic mass is 32.2. The van der Waals surface area contributed by atoms with E-state index in [2.05, 4.69) is 35.7 Å². The van der Waals surface area contributed by atoms with E-state index >= 15 is 0 Å². The Balaban J connectivity index is 1.27. The summed E-state index contributed by atoms with van der Waals surface area (Å²) in [7, 11) is -0.901. The molecule has 0 spiro atoms. The van der Waals surface area contributed by atoms with Crippen molar-refractivity contribution in [3.05, 3.63) is 40.3 Å². The third kappa shape index (κ3) is 2.54. The molecule has 4 fully saturated rings. The minimum Gasteiger partial charge on any atom is -0.307 e. The van der Waals surface area contributed by atoms with Crippen molar-refractivity contribution in [2.24, 2.45) is 11.8 Å². The second-order valence-electron chi connectivity index (χ2n) is 8.95. The summed E-state index contributed by atoms with van der Waals surface area (Å²) in [4.78, 5) is 8.91. The van der Waals surface area contributed by atoms with Crippen LogP contribution in [-0.2, 0) is 10.8 Å². The van der Waals surface area contributed by atoms with Crippen LogP contribution in [0.15, 0.2) is 34.6 Å². The summed E-state index contributed by atoms with van der Waals surface area (Å²) in [6.07, 6.45) is 11.4. The van der Waals surface area contributed by atoms with E-state index in [-0.39, 0.29) is 11.4 Å². The van der Waals surface area contributed by atoms with Gasteiger partial charge >= 0.3 is 0 Å². The lowest BCUT2D eigenvalue weighted by Gasteiger charge is -2.48. The molecule has 10 heteroatoms. The first-order valence-corrected chi connectivity index (χ1v) is 13.0. The first-order valence-electron chi connectivity index (χ1n) is 10.9. The van der Waals surface area contributed by atoms with E-state index in [1.165, 1.54) is 17.8 Å². The van der Waals surface area contributed by atoms with Crippen LogP contribution < -0.4 is 16.2 Å². The molecular formula is C20H25N7OS2. The number of imidazole rings is 1. The molecule has 7 rings (SSSR count). The van der Waals surface area contributed by atoms with Crippen molar-refractivity contribution in [3.8, 4) is 0 Å². The van der Waals surface area contributed by atoms with Gasteiger partial charge in [0.15, 0.2) is 0 Å². The van der Waals surface area contributed by atoms with Crippen LogP contribution in [0, 0.1) is 11.8 Å². The lowest BCUT2D eigenvalue weighted by molar-refractivity contribution is 0.00518. The molecule has 3 N–H and O–H groups in total. The van der Waals surface area contributed by atoms with Gasteiger partial charge in [-0.2, -0.15) is 5.12 Å². The molecule has 1 saturated carbocycles. The van der Waals surface area contributed by atoms with Gasteiger partial charge in [-0.15, -0.1) is 0 Å². The molecule has 2 aromatic rings. The smallest absolute Gasteiger partial charge is 0.233 e. The largest absolute Gasteiger partial charge is 0.307 e. The van der Waals surface area contributed by atoms with Gasteiger partial charge in [-0.25, -0.2) is 15.4 Å². The minimum absolute atomic E-state index is 0.209. The van der Waals surface area contributed by atoms with Gasteiger partial charge in [0.2, 0.25) is 5.78 Å². The van der Waals surface area contributed by atoms with E-state index in [1.54, 1.807) is 6.20 Å². The number of piperidine rings is 1. The Morgan fingerprint density at radius 2 is 2.17 bits per heavy atom. The molecule has 6 heterocycles. The fourth-order valence-electron chi connectivity index (χ4n) is 5.76. The number of nitrogens with one attached hydrogen (secondary N) is 3. The van der Waals surface area contributed by atoms with Gasteiger partial charge in [0.05, 0.1) is 44.0 Å². The molecule has 4 aliphatic heterocycles. The van der Waals surface area contributed by atoms with Crippen LogP contribution >= 0.6 is 11.8 Å². The first-order chi connectivity index (χ1) is 14.8. The fourth-order valence-corrected chi connectivity index (χ4v) is 9.57. The zero-order valence-corrected chi connectivity index (χ0v) is 18.2. The number of nitrogens with zero attached hydrogens (tertiary/aromatic N) is 4. The lowest BCUT2D eigenvalue weighted by atomic mass is 9.74. The van der Waals surface area contributed by atoms with Gasteiger partial charge in [-0.3, -0.25) is 13.9 Å². The predicted molar refractivity (Wildman–Crippen MR) is 116 cm³/mol. The Kier molecular flexibility index (Phi) is 4.09. The van der Waals surface area contributed by atoms with E-state index in [0.717, 1.165) is 42.2 Å². The summed E-state index contributed by atoms with van der Waals surface area (Å²) < 4.78 is 16.5. The van der Waals surface area contributed by atoms with Crippen LogP contribution in [0.1, 0.15) is 43.8 Å². The SMILES string of the molecule is O=S(C1=C2NN3NCCC3C3CC(c4cnc5ncccn45)NC(S1)C23)C1CCC1. The van der Waals surface area contributed by atoms with Crippen molar-refractivity contribution < 1.29 is 4.21 Å². The fraction of sp³-hybridized carbons (Fsp3) is 0.600. The summed E-state index contributed by atoms with van der Waals surface area (Å²) in [6.45, 7) is 0.991. The highest BCUT2D eigenvalue weighted by Crippen LogP contribution is 2.55. The highest BCUT2D eigenvalue weighted by molar-refractivity contribution is 8.17. The zero-order valence-electron chi connectivity index (χ0n) is 16.5. The third-order valence-corrected chi connectivity index (χ3v) is 11.0. The molecule has 158 valence electrons. The Labute approximate surface area is 181 Å². The summed E-state index contributed by atoms with van der Waals surface area (Å²) in [5.41, 5.74) is 9.52. The van der Waals surface area contributed by atoms with E-state index in [4.69, 9.17) is 0 Å². The van der Waals surface area contributed by atoms with E-state index in [0.29, 0.717) is 23.1 Å². The van der Waals surface area contributed by atoms with Crippen molar-refractivity contribution in [1.82, 2.24) is 35.7 Å². The maximum Gasteiger partial charge on any atom is 0.233 e. The molecule has 3 saturated heterocycles. The molecule has 5 aliphatic rings. The number of hydrogen-bond donors (Lipinski definition) is 3. The Morgan fingerprint density at radius 1 is 1.23 bits per heavy atom. The van der Waals surface area contributed by atoms with Gasteiger partial charge in [-0.1, -0.05) is 18.2 Å². The normalized spacial score (nSPS) is 37.0. The number of thioether (sulfide) groups is 1. The molecular weight excluding hydrogens is 418 g/mol. The summed E-state index contributed by atoms with van der Waals surface area (Å²) in [5, 5.41) is 6.69. The van der Waals surface area contributed by atoms with E-state index in [1.807, 2.05) is 30.2 Å². The standard InChI is InChI=1S/C20H25N7OS2/c28-30(11-3-1-4-11)19-17-16-12(14-5-7-23-27(14)25-17)9-13(24-18(16)29-19)15-10-22-20-21-6-2-8-26(15)20/h2,6,8,10-14,16,18,23-25H,1,3-5,7,9H2. The second kappa shape index (κ2) is 6.77. The molecule has 30 heavy (non-hydrogen) atoms. The van der Waals surface area contributed by atoms with Crippen LogP contribution in [0.5, 0.6) is 0 Å². The minimum atomic E-state index is -0.901. The molecule has 0 bridgehead atoms. The molecule has 1 aliphatic carbocycles. The molecule has 2 aromatic heterocycles. The Bertz CT molecular complexity index is 1070. The average Bonchev–Trinajstić information content (AvgIpc) is 3.44. The van der Waals surface area contributed by atoms with Crippen LogP contribution in [-0.4, -0.2) is 46.9 Å². The summed E-state index contributed by atoms with van der Waals surface area (Å²) in [6, 6.07) is 2.63. The van der Waals surface area contributed by atoms with Crippen molar-refractivity contribution in [2.45, 2.75) is 54.8 Å². The maximum absolute atomic E-state index is 13.4. The quantitative estimate of drug-likeness (QED) is 0.660. The number of aromatic nitrogens is 3. The Morgan fingerprint density at radius 3 is 3.03 bits per heavy atom. The Hall–Kier alpha value is -1.46.